The second kappa shape index (κ2) is 4.69. The van der Waals surface area contributed by atoms with Gasteiger partial charge in [-0.3, -0.25) is 13.9 Å². The number of cyclic esters (lactones) is 1. The molecular formula is C15H13N3O4S. The van der Waals surface area contributed by atoms with Crippen molar-refractivity contribution in [1.82, 2.24) is 9.13 Å². The first-order valence-corrected chi connectivity index (χ1v) is 7.89. The molecule has 0 saturated carbocycles. The van der Waals surface area contributed by atoms with Gasteiger partial charge < -0.3 is 10.1 Å². The maximum Gasteiger partial charge on any atom is 0.337 e. The Bertz CT molecular complexity index is 981. The van der Waals surface area contributed by atoms with Gasteiger partial charge in [0.1, 0.15) is 12.4 Å². The van der Waals surface area contributed by atoms with E-state index in [4.69, 9.17) is 4.74 Å². The zero-order valence-corrected chi connectivity index (χ0v) is 13.3. The standard InChI is InChI=1S/C15H13N3O4S/c1-17-12-11(13(19)18(2)15(17)21)10(8-4-3-5-23-8)9-7(16-12)6-22-14(9)20/h3-5,10,16H,6H2,1-2H3/t10-/m1/s1. The molecule has 0 spiro atoms. The fourth-order valence-corrected chi connectivity index (χ4v) is 3.96. The third-order valence-electron chi connectivity index (χ3n) is 4.27. The summed E-state index contributed by atoms with van der Waals surface area (Å²) in [5.74, 6) is -0.511. The Morgan fingerprint density at radius 3 is 2.74 bits per heavy atom. The Kier molecular flexibility index (Phi) is 2.86. The lowest BCUT2D eigenvalue weighted by molar-refractivity contribution is -0.136. The molecule has 0 fully saturated rings. The van der Waals surface area contributed by atoms with Crippen LogP contribution in [-0.2, 0) is 23.6 Å². The van der Waals surface area contributed by atoms with Crippen molar-refractivity contribution < 1.29 is 9.53 Å². The van der Waals surface area contributed by atoms with Gasteiger partial charge in [0, 0.05) is 19.0 Å². The van der Waals surface area contributed by atoms with Crippen LogP contribution in [0.3, 0.4) is 0 Å². The van der Waals surface area contributed by atoms with Crippen LogP contribution < -0.4 is 16.6 Å². The number of thiophene rings is 1. The largest absolute Gasteiger partial charge is 0.456 e. The summed E-state index contributed by atoms with van der Waals surface area (Å²) < 4.78 is 7.59. The normalized spacial score (nSPS) is 19.2. The lowest BCUT2D eigenvalue weighted by Crippen LogP contribution is -2.43. The quantitative estimate of drug-likeness (QED) is 0.770. The molecule has 0 amide bonds. The number of nitrogens with one attached hydrogen (secondary N) is 1. The molecule has 0 aliphatic carbocycles. The van der Waals surface area contributed by atoms with Crippen molar-refractivity contribution in [2.75, 3.05) is 11.9 Å². The van der Waals surface area contributed by atoms with Crippen LogP contribution in [0.5, 0.6) is 0 Å². The van der Waals surface area contributed by atoms with E-state index in [-0.39, 0.29) is 6.61 Å². The van der Waals surface area contributed by atoms with E-state index >= 15 is 0 Å². The number of aromatic nitrogens is 2. The molecule has 4 heterocycles. The number of ether oxygens (including phenoxy) is 1. The Balaban J connectivity index is 2.10. The zero-order chi connectivity index (χ0) is 16.3. The van der Waals surface area contributed by atoms with Gasteiger partial charge in [0.05, 0.1) is 22.8 Å². The summed E-state index contributed by atoms with van der Waals surface area (Å²) in [7, 11) is 3.04. The van der Waals surface area contributed by atoms with Crippen molar-refractivity contribution in [2.24, 2.45) is 14.1 Å². The molecule has 0 saturated heterocycles. The minimum Gasteiger partial charge on any atom is -0.456 e. The van der Waals surface area contributed by atoms with Crippen molar-refractivity contribution in [2.45, 2.75) is 5.92 Å². The van der Waals surface area contributed by atoms with Crippen LogP contribution in [0, 0.1) is 0 Å². The number of hydrogen-bond acceptors (Lipinski definition) is 6. The first-order valence-electron chi connectivity index (χ1n) is 7.01. The molecule has 1 atom stereocenters. The predicted octanol–water partition coefficient (Wildman–Crippen LogP) is 0.514. The number of carbonyl (C=O) groups excluding carboxylic acids is 1. The van der Waals surface area contributed by atoms with E-state index < -0.39 is 23.1 Å². The molecule has 0 bridgehead atoms. The molecular weight excluding hydrogens is 318 g/mol. The van der Waals surface area contributed by atoms with Gasteiger partial charge in [-0.2, -0.15) is 0 Å². The zero-order valence-electron chi connectivity index (χ0n) is 12.5. The molecule has 7 nitrogen and oxygen atoms in total. The lowest BCUT2D eigenvalue weighted by atomic mass is 9.87. The highest BCUT2D eigenvalue weighted by Gasteiger charge is 2.41. The van der Waals surface area contributed by atoms with Crippen LogP contribution >= 0.6 is 11.3 Å². The average Bonchev–Trinajstić information content (AvgIpc) is 3.19. The number of anilines is 1. The molecule has 2 aliphatic rings. The lowest BCUT2D eigenvalue weighted by Gasteiger charge is -2.27. The molecule has 1 N–H and O–H groups in total. The van der Waals surface area contributed by atoms with Crippen molar-refractivity contribution in [3.8, 4) is 0 Å². The smallest absolute Gasteiger partial charge is 0.337 e. The van der Waals surface area contributed by atoms with Crippen molar-refractivity contribution in [1.29, 1.82) is 0 Å². The monoisotopic (exact) mass is 331 g/mol. The Hall–Kier alpha value is -2.61. The first-order chi connectivity index (χ1) is 11.0. The minimum atomic E-state index is -0.512. The van der Waals surface area contributed by atoms with Gasteiger partial charge in [-0.1, -0.05) is 6.07 Å². The SMILES string of the molecule is Cn1c2c(c(=O)n(C)c1=O)[C@H](c1cccs1)C1=C(COC1=O)N2. The summed E-state index contributed by atoms with van der Waals surface area (Å²) in [6, 6.07) is 3.75. The van der Waals surface area contributed by atoms with E-state index in [0.29, 0.717) is 22.7 Å². The van der Waals surface area contributed by atoms with Crippen LogP contribution in [0.25, 0.3) is 0 Å². The van der Waals surface area contributed by atoms with Crippen LogP contribution in [0.4, 0.5) is 5.82 Å². The number of carbonyl (C=O) groups is 1. The predicted molar refractivity (Wildman–Crippen MR) is 84.7 cm³/mol. The summed E-state index contributed by atoms with van der Waals surface area (Å²) in [6.45, 7) is 0.124. The Labute approximate surface area is 134 Å². The third-order valence-corrected chi connectivity index (χ3v) is 5.20. The van der Waals surface area contributed by atoms with Crippen molar-refractivity contribution in [3.63, 3.8) is 0 Å². The van der Waals surface area contributed by atoms with E-state index in [1.165, 1.54) is 23.0 Å². The van der Waals surface area contributed by atoms with E-state index in [2.05, 4.69) is 5.32 Å². The number of hydrogen-bond donors (Lipinski definition) is 1. The van der Waals surface area contributed by atoms with Crippen LogP contribution in [0.15, 0.2) is 38.4 Å². The molecule has 23 heavy (non-hydrogen) atoms. The van der Waals surface area contributed by atoms with E-state index in [9.17, 15) is 14.4 Å². The molecule has 2 aromatic rings. The number of nitrogens with zero attached hydrogens (tertiary/aromatic N) is 2. The highest BCUT2D eigenvalue weighted by Crippen LogP contribution is 2.43. The van der Waals surface area contributed by atoms with Crippen molar-refractivity contribution >= 4 is 23.1 Å². The average molecular weight is 331 g/mol. The number of rotatable bonds is 1. The number of fused-ring (bicyclic) bond motifs is 1. The molecule has 8 heteroatoms. The van der Waals surface area contributed by atoms with Crippen LogP contribution in [0.2, 0.25) is 0 Å². The van der Waals surface area contributed by atoms with Gasteiger partial charge in [-0.25, -0.2) is 9.59 Å². The second-order valence-corrected chi connectivity index (χ2v) is 6.49. The number of esters is 1. The third kappa shape index (κ3) is 1.78. The van der Waals surface area contributed by atoms with Gasteiger partial charge >= 0.3 is 11.7 Å². The fraction of sp³-hybridized carbons (Fsp3) is 0.267. The molecule has 2 aliphatic heterocycles. The van der Waals surface area contributed by atoms with Gasteiger partial charge in [0.15, 0.2) is 0 Å². The van der Waals surface area contributed by atoms with Crippen molar-refractivity contribution in [3.05, 3.63) is 60.1 Å². The van der Waals surface area contributed by atoms with Gasteiger partial charge in [-0.15, -0.1) is 11.3 Å². The summed E-state index contributed by atoms with van der Waals surface area (Å²) in [5.41, 5.74) is 0.648. The second-order valence-electron chi connectivity index (χ2n) is 5.51. The topological polar surface area (TPSA) is 82.3 Å². The molecule has 118 valence electrons. The summed E-state index contributed by atoms with van der Waals surface area (Å²) in [5, 5.41) is 4.94. The molecule has 0 radical (unpaired) electrons. The molecule has 0 unspecified atom stereocenters. The van der Waals surface area contributed by atoms with E-state index in [0.717, 1.165) is 9.44 Å². The molecule has 4 rings (SSSR count). The van der Waals surface area contributed by atoms with Crippen LogP contribution in [0.1, 0.15) is 16.4 Å². The van der Waals surface area contributed by atoms with E-state index in [1.807, 2.05) is 17.5 Å². The fourth-order valence-electron chi connectivity index (χ4n) is 3.12. The van der Waals surface area contributed by atoms with Crippen LogP contribution in [-0.4, -0.2) is 21.7 Å². The molecule has 2 aromatic heterocycles. The maximum atomic E-state index is 12.7. The highest BCUT2D eigenvalue weighted by atomic mass is 32.1. The van der Waals surface area contributed by atoms with Gasteiger partial charge in [0.2, 0.25) is 0 Å². The summed E-state index contributed by atoms with van der Waals surface area (Å²) >= 11 is 1.46. The van der Waals surface area contributed by atoms with Gasteiger partial charge in [-0.05, 0) is 11.4 Å². The Morgan fingerprint density at radius 1 is 1.26 bits per heavy atom. The summed E-state index contributed by atoms with van der Waals surface area (Å²) in [4.78, 5) is 38.0. The van der Waals surface area contributed by atoms with Gasteiger partial charge in [0.25, 0.3) is 5.56 Å². The highest BCUT2D eigenvalue weighted by molar-refractivity contribution is 7.10. The molecule has 0 aromatic carbocycles. The Morgan fingerprint density at radius 2 is 2.04 bits per heavy atom. The maximum absolute atomic E-state index is 12.7. The van der Waals surface area contributed by atoms with E-state index in [1.54, 1.807) is 7.05 Å². The minimum absolute atomic E-state index is 0.124. The first kappa shape index (κ1) is 14.0. The summed E-state index contributed by atoms with van der Waals surface area (Å²) in [6.07, 6.45) is 0.